The van der Waals surface area contributed by atoms with Crippen molar-refractivity contribution in [1.82, 2.24) is 15.5 Å². The fourth-order valence-corrected chi connectivity index (χ4v) is 2.96. The van der Waals surface area contributed by atoms with Crippen LogP contribution < -0.4 is 20.1 Å². The van der Waals surface area contributed by atoms with Crippen molar-refractivity contribution in [2.24, 2.45) is 4.99 Å². The Hall–Kier alpha value is -2.00. The number of fused-ring (bicyclic) bond motifs is 1. The second-order valence-corrected chi connectivity index (χ2v) is 6.84. The predicted molar refractivity (Wildman–Crippen MR) is 124 cm³/mol. The average molecular weight is 496 g/mol. The van der Waals surface area contributed by atoms with E-state index in [-0.39, 0.29) is 24.0 Å². The van der Waals surface area contributed by atoms with Crippen molar-refractivity contribution in [3.05, 3.63) is 59.2 Å². The van der Waals surface area contributed by atoms with Gasteiger partial charge in [-0.15, -0.1) is 24.0 Å². The van der Waals surface area contributed by atoms with E-state index < -0.39 is 0 Å². The van der Waals surface area contributed by atoms with Gasteiger partial charge in [-0.1, -0.05) is 30.3 Å². The molecule has 0 unspecified atom stereocenters. The van der Waals surface area contributed by atoms with Crippen molar-refractivity contribution in [2.75, 3.05) is 34.5 Å². The van der Waals surface area contributed by atoms with Gasteiger partial charge in [0.05, 0.1) is 0 Å². The van der Waals surface area contributed by atoms with Crippen LogP contribution >= 0.6 is 24.0 Å². The molecule has 1 aliphatic heterocycles. The minimum atomic E-state index is 0. The summed E-state index contributed by atoms with van der Waals surface area (Å²) in [6, 6.07) is 14.7. The molecule has 7 heteroatoms. The quantitative estimate of drug-likeness (QED) is 0.351. The van der Waals surface area contributed by atoms with E-state index in [0.717, 1.165) is 43.5 Å². The summed E-state index contributed by atoms with van der Waals surface area (Å²) in [6.45, 7) is 2.80. The van der Waals surface area contributed by atoms with Gasteiger partial charge in [-0.3, -0.25) is 4.99 Å². The van der Waals surface area contributed by atoms with Crippen LogP contribution in [0.2, 0.25) is 0 Å². The van der Waals surface area contributed by atoms with Crippen molar-refractivity contribution in [3.63, 3.8) is 0 Å². The zero-order valence-corrected chi connectivity index (χ0v) is 19.0. The average Bonchev–Trinajstić information content (AvgIpc) is 3.13. The Balaban J connectivity index is 0.00000280. The van der Waals surface area contributed by atoms with E-state index in [1.165, 1.54) is 16.7 Å². The van der Waals surface area contributed by atoms with Gasteiger partial charge in [0.25, 0.3) is 0 Å². The highest BCUT2D eigenvalue weighted by molar-refractivity contribution is 14.0. The lowest BCUT2D eigenvalue weighted by atomic mass is 10.1. The maximum Gasteiger partial charge on any atom is 0.231 e. The van der Waals surface area contributed by atoms with E-state index in [1.807, 2.05) is 12.1 Å². The smallest absolute Gasteiger partial charge is 0.231 e. The molecule has 0 aromatic heterocycles. The summed E-state index contributed by atoms with van der Waals surface area (Å²) < 4.78 is 10.8. The molecule has 0 saturated heterocycles. The van der Waals surface area contributed by atoms with Crippen molar-refractivity contribution in [3.8, 4) is 11.5 Å². The van der Waals surface area contributed by atoms with Gasteiger partial charge in [0.2, 0.25) is 6.79 Å². The Morgan fingerprint density at radius 1 is 0.964 bits per heavy atom. The van der Waals surface area contributed by atoms with Crippen LogP contribution in [0.5, 0.6) is 11.5 Å². The minimum absolute atomic E-state index is 0. The number of nitrogens with one attached hydrogen (secondary N) is 2. The first-order valence-corrected chi connectivity index (χ1v) is 9.19. The first-order chi connectivity index (χ1) is 13.1. The summed E-state index contributed by atoms with van der Waals surface area (Å²) in [5.74, 6) is 2.45. The second kappa shape index (κ2) is 11.1. The Morgan fingerprint density at radius 2 is 1.64 bits per heavy atom. The molecule has 1 heterocycles. The Kier molecular flexibility index (Phi) is 8.85. The van der Waals surface area contributed by atoms with Crippen molar-refractivity contribution >= 4 is 29.9 Å². The molecule has 152 valence electrons. The van der Waals surface area contributed by atoms with Gasteiger partial charge in [0.1, 0.15) is 0 Å². The molecule has 0 saturated carbocycles. The van der Waals surface area contributed by atoms with Crippen LogP contribution in [-0.2, 0) is 19.5 Å². The van der Waals surface area contributed by atoms with Crippen LogP contribution in [0, 0.1) is 0 Å². The molecule has 2 aromatic rings. The van der Waals surface area contributed by atoms with E-state index in [2.05, 4.69) is 65.0 Å². The normalized spacial score (nSPS) is 12.6. The van der Waals surface area contributed by atoms with Crippen LogP contribution in [0.15, 0.2) is 47.5 Å². The molecular formula is C21H29IN4O2. The van der Waals surface area contributed by atoms with E-state index in [0.29, 0.717) is 6.79 Å². The zero-order valence-electron chi connectivity index (χ0n) is 16.7. The number of hydrogen-bond acceptors (Lipinski definition) is 4. The monoisotopic (exact) mass is 496 g/mol. The molecule has 0 spiro atoms. The molecule has 0 fully saturated rings. The summed E-state index contributed by atoms with van der Waals surface area (Å²) in [5, 5.41) is 6.71. The molecule has 0 amide bonds. The largest absolute Gasteiger partial charge is 0.454 e. The summed E-state index contributed by atoms with van der Waals surface area (Å²) >= 11 is 0. The molecule has 0 atom stereocenters. The van der Waals surface area contributed by atoms with E-state index in [9.17, 15) is 0 Å². The molecule has 2 aromatic carbocycles. The number of ether oxygens (including phenoxy) is 2. The highest BCUT2D eigenvalue weighted by Gasteiger charge is 2.12. The molecule has 2 N–H and O–H groups in total. The van der Waals surface area contributed by atoms with E-state index in [1.54, 1.807) is 7.05 Å². The van der Waals surface area contributed by atoms with Crippen molar-refractivity contribution in [1.29, 1.82) is 0 Å². The molecular weight excluding hydrogens is 467 g/mol. The van der Waals surface area contributed by atoms with Gasteiger partial charge in [-0.05, 0) is 49.3 Å². The molecule has 6 nitrogen and oxygen atoms in total. The fourth-order valence-electron chi connectivity index (χ4n) is 2.96. The highest BCUT2D eigenvalue weighted by atomic mass is 127. The maximum absolute atomic E-state index is 5.42. The maximum atomic E-state index is 5.42. The molecule has 0 radical (unpaired) electrons. The van der Waals surface area contributed by atoms with Gasteiger partial charge in [0.15, 0.2) is 17.5 Å². The van der Waals surface area contributed by atoms with Gasteiger partial charge in [-0.25, -0.2) is 0 Å². The number of guanidine groups is 1. The number of benzene rings is 2. The Bertz CT molecular complexity index is 778. The van der Waals surface area contributed by atoms with E-state index >= 15 is 0 Å². The lowest BCUT2D eigenvalue weighted by molar-refractivity contribution is 0.174. The molecule has 0 bridgehead atoms. The fraction of sp³-hybridized carbons (Fsp3) is 0.381. The first-order valence-electron chi connectivity index (χ1n) is 9.19. The summed E-state index contributed by atoms with van der Waals surface area (Å²) in [7, 11) is 5.94. The second-order valence-electron chi connectivity index (χ2n) is 6.84. The molecule has 0 aliphatic carbocycles. The van der Waals surface area contributed by atoms with Crippen LogP contribution in [0.3, 0.4) is 0 Å². The Labute approximate surface area is 184 Å². The lowest BCUT2D eigenvalue weighted by Gasteiger charge is -2.13. The number of rotatable bonds is 7. The van der Waals surface area contributed by atoms with Crippen LogP contribution in [0.4, 0.5) is 0 Å². The molecule has 28 heavy (non-hydrogen) atoms. The zero-order chi connectivity index (χ0) is 19.1. The lowest BCUT2D eigenvalue weighted by Crippen LogP contribution is -2.37. The molecule has 3 rings (SSSR count). The standard InChI is InChI=1S/C21H28N4O2.HI/c1-22-21(24-13-17-4-6-18(7-5-17)14-25(2)3)23-11-10-16-8-9-19-20(12-16)27-15-26-19;/h4-9,12H,10-11,13-15H2,1-3H3,(H2,22,23,24);1H. The van der Waals surface area contributed by atoms with Gasteiger partial charge < -0.3 is 25.0 Å². The van der Waals surface area contributed by atoms with Crippen LogP contribution in [0.25, 0.3) is 0 Å². The third-order valence-corrected chi connectivity index (χ3v) is 4.35. The number of halogens is 1. The third-order valence-electron chi connectivity index (χ3n) is 4.35. The summed E-state index contributed by atoms with van der Waals surface area (Å²) in [4.78, 5) is 6.46. The predicted octanol–water partition coefficient (Wildman–Crippen LogP) is 3.00. The first kappa shape index (κ1) is 22.3. The van der Waals surface area contributed by atoms with Crippen molar-refractivity contribution < 1.29 is 9.47 Å². The Morgan fingerprint density at radius 3 is 2.36 bits per heavy atom. The highest BCUT2D eigenvalue weighted by Crippen LogP contribution is 2.32. The number of nitrogens with zero attached hydrogens (tertiary/aromatic N) is 2. The third kappa shape index (κ3) is 6.56. The summed E-state index contributed by atoms with van der Waals surface area (Å²) in [6.07, 6.45) is 0.885. The van der Waals surface area contributed by atoms with E-state index in [4.69, 9.17) is 9.47 Å². The summed E-state index contributed by atoms with van der Waals surface area (Å²) in [5.41, 5.74) is 3.75. The SMILES string of the molecule is CN=C(NCCc1ccc2c(c1)OCO2)NCc1ccc(CN(C)C)cc1.I. The number of aliphatic imine (C=N–C) groups is 1. The molecule has 1 aliphatic rings. The van der Waals surface area contributed by atoms with Crippen LogP contribution in [-0.4, -0.2) is 45.3 Å². The van der Waals surface area contributed by atoms with Crippen LogP contribution in [0.1, 0.15) is 16.7 Å². The van der Waals surface area contributed by atoms with Gasteiger partial charge in [0, 0.05) is 26.7 Å². The van der Waals surface area contributed by atoms with Gasteiger partial charge >= 0.3 is 0 Å². The van der Waals surface area contributed by atoms with Crippen molar-refractivity contribution in [2.45, 2.75) is 19.5 Å². The van der Waals surface area contributed by atoms with Gasteiger partial charge in [-0.2, -0.15) is 0 Å². The number of hydrogen-bond donors (Lipinski definition) is 2. The topological polar surface area (TPSA) is 58.1 Å². The minimum Gasteiger partial charge on any atom is -0.454 e.